The van der Waals surface area contributed by atoms with Gasteiger partial charge in [0.1, 0.15) is 11.4 Å². The predicted molar refractivity (Wildman–Crippen MR) is 93.5 cm³/mol. The highest BCUT2D eigenvalue weighted by Crippen LogP contribution is 2.25. The largest absolute Gasteiger partial charge is 0.444 e. The quantitative estimate of drug-likeness (QED) is 0.848. The van der Waals surface area contributed by atoms with Crippen molar-refractivity contribution >= 4 is 34.4 Å². The molecule has 1 aliphatic heterocycles. The Bertz CT molecular complexity index is 747. The first-order valence-corrected chi connectivity index (χ1v) is 8.56. The first-order chi connectivity index (χ1) is 11.4. The first kappa shape index (κ1) is 17.0. The van der Waals surface area contributed by atoms with E-state index in [9.17, 15) is 4.79 Å². The number of alkyl halides is 1. The Morgan fingerprint density at radius 3 is 2.83 bits per heavy atom. The summed E-state index contributed by atoms with van der Waals surface area (Å²) in [5.74, 6) is 1.13. The van der Waals surface area contributed by atoms with Gasteiger partial charge >= 0.3 is 6.09 Å². The van der Waals surface area contributed by atoms with Gasteiger partial charge < -0.3 is 14.0 Å². The maximum atomic E-state index is 11.9. The Kier molecular flexibility index (Phi) is 4.69. The summed E-state index contributed by atoms with van der Waals surface area (Å²) in [6.07, 6.45) is 0.761. The van der Waals surface area contributed by atoms with Crippen LogP contribution in [0.15, 0.2) is 18.2 Å². The fourth-order valence-corrected chi connectivity index (χ4v) is 2.81. The number of aromatic nitrogens is 2. The Balaban J connectivity index is 1.85. The van der Waals surface area contributed by atoms with Crippen LogP contribution in [-0.4, -0.2) is 34.0 Å². The maximum Gasteiger partial charge on any atom is 0.412 e. The van der Waals surface area contributed by atoms with Gasteiger partial charge in [-0.25, -0.2) is 9.78 Å². The number of hydrogen-bond acceptors (Lipinski definition) is 4. The Hall–Kier alpha value is -1.79. The molecule has 130 valence electrons. The average Bonchev–Trinajstić information content (AvgIpc) is 2.78. The smallest absolute Gasteiger partial charge is 0.412 e. The van der Waals surface area contributed by atoms with E-state index in [0.29, 0.717) is 18.1 Å². The summed E-state index contributed by atoms with van der Waals surface area (Å²) in [6.45, 7) is 7.01. The van der Waals surface area contributed by atoms with E-state index in [1.54, 1.807) is 6.07 Å². The predicted octanol–water partition coefficient (Wildman–Crippen LogP) is 3.91. The van der Waals surface area contributed by atoms with Gasteiger partial charge in [-0.05, 0) is 45.4 Å². The molecule has 1 aromatic carbocycles. The molecule has 1 amide bonds. The second-order valence-corrected chi connectivity index (χ2v) is 7.15. The van der Waals surface area contributed by atoms with Gasteiger partial charge in [0.05, 0.1) is 29.6 Å². The maximum absolute atomic E-state index is 11.9. The summed E-state index contributed by atoms with van der Waals surface area (Å²) < 4.78 is 12.9. The van der Waals surface area contributed by atoms with Crippen molar-refractivity contribution < 1.29 is 14.3 Å². The highest BCUT2D eigenvalue weighted by Gasteiger charge is 2.22. The third-order valence-electron chi connectivity index (χ3n) is 3.77. The van der Waals surface area contributed by atoms with E-state index in [1.165, 1.54) is 0 Å². The zero-order valence-corrected chi connectivity index (χ0v) is 14.9. The molecule has 0 aliphatic carbocycles. The molecule has 6 nitrogen and oxygen atoms in total. The Morgan fingerprint density at radius 1 is 1.50 bits per heavy atom. The van der Waals surface area contributed by atoms with E-state index in [4.69, 9.17) is 21.1 Å². The van der Waals surface area contributed by atoms with Crippen LogP contribution in [0.4, 0.5) is 10.5 Å². The third kappa shape index (κ3) is 3.82. The molecule has 2 aromatic rings. The van der Waals surface area contributed by atoms with Crippen LogP contribution in [-0.2, 0) is 21.9 Å². The molecule has 1 aromatic heterocycles. The van der Waals surface area contributed by atoms with Crippen LogP contribution < -0.4 is 5.32 Å². The zero-order valence-electron chi connectivity index (χ0n) is 14.1. The topological polar surface area (TPSA) is 65.4 Å². The second kappa shape index (κ2) is 6.61. The summed E-state index contributed by atoms with van der Waals surface area (Å²) in [4.78, 5) is 16.5. The number of ether oxygens (including phenoxy) is 2. The van der Waals surface area contributed by atoms with Crippen LogP contribution in [0.3, 0.4) is 0 Å². The van der Waals surface area contributed by atoms with Crippen molar-refractivity contribution in [2.75, 3.05) is 11.9 Å². The van der Waals surface area contributed by atoms with E-state index in [0.717, 1.165) is 29.9 Å². The van der Waals surface area contributed by atoms with Gasteiger partial charge in [0, 0.05) is 12.3 Å². The van der Waals surface area contributed by atoms with E-state index in [-0.39, 0.29) is 6.10 Å². The van der Waals surface area contributed by atoms with Crippen molar-refractivity contribution in [3.63, 3.8) is 0 Å². The minimum absolute atomic E-state index is 0.201. The summed E-state index contributed by atoms with van der Waals surface area (Å²) in [6, 6.07) is 5.57. The number of carbonyl (C=O) groups is 1. The minimum Gasteiger partial charge on any atom is -0.444 e. The summed E-state index contributed by atoms with van der Waals surface area (Å²) in [5, 5.41) is 2.76. The monoisotopic (exact) mass is 351 g/mol. The molecule has 1 N–H and O–H groups in total. The zero-order chi connectivity index (χ0) is 17.3. The number of hydrogen-bond donors (Lipinski definition) is 1. The summed E-state index contributed by atoms with van der Waals surface area (Å²) in [7, 11) is 0. The van der Waals surface area contributed by atoms with Crippen molar-refractivity contribution in [1.29, 1.82) is 0 Å². The number of carbonyl (C=O) groups excluding carboxylic acids is 1. The van der Waals surface area contributed by atoms with Gasteiger partial charge in [0.2, 0.25) is 0 Å². The average molecular weight is 352 g/mol. The molecule has 1 saturated heterocycles. The molecule has 1 aliphatic rings. The van der Waals surface area contributed by atoms with Gasteiger partial charge in [-0.3, -0.25) is 5.32 Å². The van der Waals surface area contributed by atoms with Gasteiger partial charge in [0.15, 0.2) is 0 Å². The van der Waals surface area contributed by atoms with Crippen LogP contribution in [0.2, 0.25) is 0 Å². The SMILES string of the molecule is CC(C)(C)OC(=O)Nc1ccc2nc(CCl)n(C[C@@H]3CCO3)c2c1. The fourth-order valence-electron chi connectivity index (χ4n) is 2.61. The van der Waals surface area contributed by atoms with Crippen molar-refractivity contribution in [2.45, 2.75) is 51.3 Å². The van der Waals surface area contributed by atoms with Gasteiger partial charge in [-0.1, -0.05) is 0 Å². The standard InChI is InChI=1S/C17H22ClN3O3/c1-17(2,3)24-16(22)19-11-4-5-13-14(8-11)21(15(9-18)20-13)10-12-6-7-23-12/h4-5,8,12H,6-7,9-10H2,1-3H3,(H,19,22)/t12-/m0/s1. The molecule has 0 spiro atoms. The fraction of sp³-hybridized carbons (Fsp3) is 0.529. The summed E-state index contributed by atoms with van der Waals surface area (Å²) >= 11 is 6.03. The van der Waals surface area contributed by atoms with Crippen LogP contribution in [0.25, 0.3) is 11.0 Å². The van der Waals surface area contributed by atoms with E-state index in [1.807, 2.05) is 32.9 Å². The number of amides is 1. The molecule has 0 radical (unpaired) electrons. The Labute approximate surface area is 146 Å². The van der Waals surface area contributed by atoms with Crippen LogP contribution in [0, 0.1) is 0 Å². The number of benzene rings is 1. The molecule has 0 bridgehead atoms. The van der Waals surface area contributed by atoms with Crippen molar-refractivity contribution in [3.8, 4) is 0 Å². The minimum atomic E-state index is -0.538. The number of nitrogens with one attached hydrogen (secondary N) is 1. The van der Waals surface area contributed by atoms with Crippen molar-refractivity contribution in [1.82, 2.24) is 9.55 Å². The Morgan fingerprint density at radius 2 is 2.25 bits per heavy atom. The number of fused-ring (bicyclic) bond motifs is 1. The highest BCUT2D eigenvalue weighted by atomic mass is 35.5. The molecule has 24 heavy (non-hydrogen) atoms. The molecule has 1 fully saturated rings. The molecule has 0 unspecified atom stereocenters. The first-order valence-electron chi connectivity index (χ1n) is 8.02. The van der Waals surface area contributed by atoms with Crippen LogP contribution >= 0.6 is 11.6 Å². The molecule has 2 heterocycles. The highest BCUT2D eigenvalue weighted by molar-refractivity contribution is 6.16. The lowest BCUT2D eigenvalue weighted by atomic mass is 10.2. The molecule has 0 saturated carbocycles. The molecular weight excluding hydrogens is 330 g/mol. The number of nitrogens with zero attached hydrogens (tertiary/aromatic N) is 2. The van der Waals surface area contributed by atoms with E-state index in [2.05, 4.69) is 14.9 Å². The lowest BCUT2D eigenvalue weighted by Crippen LogP contribution is -2.31. The number of imidazole rings is 1. The summed E-state index contributed by atoms with van der Waals surface area (Å²) in [5.41, 5.74) is 1.89. The molecular formula is C17H22ClN3O3. The van der Waals surface area contributed by atoms with Crippen molar-refractivity contribution in [2.24, 2.45) is 0 Å². The molecule has 1 atom stereocenters. The third-order valence-corrected chi connectivity index (χ3v) is 4.01. The van der Waals surface area contributed by atoms with Gasteiger partial charge in [0.25, 0.3) is 0 Å². The van der Waals surface area contributed by atoms with E-state index < -0.39 is 11.7 Å². The normalized spacial score (nSPS) is 17.6. The van der Waals surface area contributed by atoms with Crippen molar-refractivity contribution in [3.05, 3.63) is 24.0 Å². The number of rotatable bonds is 4. The lowest BCUT2D eigenvalue weighted by Gasteiger charge is -2.27. The van der Waals surface area contributed by atoms with Crippen LogP contribution in [0.1, 0.15) is 33.0 Å². The molecule has 7 heteroatoms. The van der Waals surface area contributed by atoms with E-state index >= 15 is 0 Å². The number of anilines is 1. The van der Waals surface area contributed by atoms with Gasteiger partial charge in [-0.15, -0.1) is 11.6 Å². The lowest BCUT2D eigenvalue weighted by molar-refractivity contribution is -0.0589. The van der Waals surface area contributed by atoms with Crippen LogP contribution in [0.5, 0.6) is 0 Å². The molecule has 3 rings (SSSR count). The van der Waals surface area contributed by atoms with Gasteiger partial charge in [-0.2, -0.15) is 0 Å². The second-order valence-electron chi connectivity index (χ2n) is 6.88. The number of halogens is 1.